The number of nitriles is 1. The maximum absolute atomic E-state index is 12.5. The summed E-state index contributed by atoms with van der Waals surface area (Å²) >= 11 is 6.14. The molecular formula is C21H19ClN6O2. The molecule has 30 heavy (non-hydrogen) atoms. The van der Waals surface area contributed by atoms with E-state index in [1.165, 1.54) is 12.4 Å². The average Bonchev–Trinajstić information content (AvgIpc) is 2.75. The summed E-state index contributed by atoms with van der Waals surface area (Å²) in [6, 6.07) is 16.3. The van der Waals surface area contributed by atoms with Crippen LogP contribution in [0.1, 0.15) is 11.3 Å². The van der Waals surface area contributed by atoms with Crippen LogP contribution in [0.2, 0.25) is 5.02 Å². The zero-order chi connectivity index (χ0) is 21.3. The number of aliphatic hydroxyl groups is 1. The molecule has 2 amide bonds. The van der Waals surface area contributed by atoms with E-state index < -0.39 is 6.03 Å². The number of hydrogen-bond donors (Lipinski definition) is 3. The Morgan fingerprint density at radius 1 is 1.13 bits per heavy atom. The van der Waals surface area contributed by atoms with Crippen molar-refractivity contribution in [2.24, 2.45) is 0 Å². The summed E-state index contributed by atoms with van der Waals surface area (Å²) in [4.78, 5) is 22.2. The third-order valence-electron chi connectivity index (χ3n) is 4.14. The highest BCUT2D eigenvalue weighted by Gasteiger charge is 2.15. The summed E-state index contributed by atoms with van der Waals surface area (Å²) in [5, 5.41) is 24.1. The number of hydrogen-bond acceptors (Lipinski definition) is 6. The van der Waals surface area contributed by atoms with E-state index in [-0.39, 0.29) is 18.1 Å². The van der Waals surface area contributed by atoms with Crippen molar-refractivity contribution in [2.75, 3.05) is 28.7 Å². The number of benzene rings is 2. The summed E-state index contributed by atoms with van der Waals surface area (Å²) in [7, 11) is 0. The minimum Gasteiger partial charge on any atom is -0.395 e. The highest BCUT2D eigenvalue weighted by molar-refractivity contribution is 6.31. The fraction of sp³-hybridized carbons (Fsp3) is 0.143. The van der Waals surface area contributed by atoms with Gasteiger partial charge in [-0.15, -0.1) is 0 Å². The second-order valence-corrected chi connectivity index (χ2v) is 6.71. The predicted octanol–water partition coefficient (Wildman–Crippen LogP) is 3.64. The highest BCUT2D eigenvalue weighted by atomic mass is 35.5. The van der Waals surface area contributed by atoms with Crippen LogP contribution in [-0.4, -0.2) is 34.3 Å². The summed E-state index contributed by atoms with van der Waals surface area (Å²) in [6.45, 7) is 0.857. The molecule has 0 aliphatic rings. The molecule has 152 valence electrons. The molecule has 3 aromatic rings. The van der Waals surface area contributed by atoms with Crippen molar-refractivity contribution in [1.82, 2.24) is 9.97 Å². The standard InChI is InChI=1S/C21H19ClN6O2/c22-16-6-7-19(28(8-9-29)14-15-4-2-1-3-5-15)18(10-16)26-21(30)27-20-13-24-17(11-23)12-25-20/h1-7,10,12-13,29H,8-9,14H2,(H2,25,26,27,30). The summed E-state index contributed by atoms with van der Waals surface area (Å²) < 4.78 is 0. The van der Waals surface area contributed by atoms with Gasteiger partial charge in [0.2, 0.25) is 0 Å². The number of carbonyl (C=O) groups is 1. The third-order valence-corrected chi connectivity index (χ3v) is 4.38. The Morgan fingerprint density at radius 3 is 2.60 bits per heavy atom. The summed E-state index contributed by atoms with van der Waals surface area (Å²) in [5.74, 6) is 0.201. The van der Waals surface area contributed by atoms with E-state index in [1.807, 2.05) is 41.3 Å². The predicted molar refractivity (Wildman–Crippen MR) is 115 cm³/mol. The van der Waals surface area contributed by atoms with Crippen molar-refractivity contribution in [3.63, 3.8) is 0 Å². The molecule has 1 heterocycles. The van der Waals surface area contributed by atoms with Crippen molar-refractivity contribution in [3.8, 4) is 6.07 Å². The maximum Gasteiger partial charge on any atom is 0.324 e. The molecule has 0 saturated heterocycles. The smallest absolute Gasteiger partial charge is 0.324 e. The van der Waals surface area contributed by atoms with E-state index in [0.717, 1.165) is 5.56 Å². The number of aromatic nitrogens is 2. The van der Waals surface area contributed by atoms with Crippen molar-refractivity contribution in [3.05, 3.63) is 77.2 Å². The lowest BCUT2D eigenvalue weighted by atomic mass is 10.1. The fourth-order valence-corrected chi connectivity index (χ4v) is 2.99. The van der Waals surface area contributed by atoms with E-state index in [1.54, 1.807) is 18.2 Å². The molecule has 3 N–H and O–H groups in total. The van der Waals surface area contributed by atoms with Gasteiger partial charge in [-0.25, -0.2) is 14.8 Å². The second kappa shape index (κ2) is 10.2. The maximum atomic E-state index is 12.5. The van der Waals surface area contributed by atoms with Gasteiger partial charge in [0, 0.05) is 18.1 Å². The number of rotatable bonds is 7. The first-order valence-electron chi connectivity index (χ1n) is 9.08. The molecule has 0 aliphatic heterocycles. The number of aliphatic hydroxyl groups excluding tert-OH is 1. The molecule has 0 saturated carbocycles. The second-order valence-electron chi connectivity index (χ2n) is 6.27. The molecule has 0 aliphatic carbocycles. The van der Waals surface area contributed by atoms with Gasteiger partial charge in [-0.2, -0.15) is 5.26 Å². The van der Waals surface area contributed by atoms with Crippen LogP contribution in [0.3, 0.4) is 0 Å². The number of urea groups is 1. The number of amides is 2. The van der Waals surface area contributed by atoms with Gasteiger partial charge in [0.1, 0.15) is 6.07 Å². The van der Waals surface area contributed by atoms with Gasteiger partial charge >= 0.3 is 6.03 Å². The largest absolute Gasteiger partial charge is 0.395 e. The molecule has 9 heteroatoms. The Labute approximate surface area is 178 Å². The van der Waals surface area contributed by atoms with Gasteiger partial charge in [-0.1, -0.05) is 41.9 Å². The number of halogens is 1. The lowest BCUT2D eigenvalue weighted by Gasteiger charge is -2.27. The topological polar surface area (TPSA) is 114 Å². The van der Waals surface area contributed by atoms with Crippen LogP contribution < -0.4 is 15.5 Å². The van der Waals surface area contributed by atoms with Gasteiger partial charge in [0.15, 0.2) is 11.5 Å². The molecule has 0 atom stereocenters. The van der Waals surface area contributed by atoms with Gasteiger partial charge in [-0.3, -0.25) is 5.32 Å². The van der Waals surface area contributed by atoms with E-state index in [0.29, 0.717) is 29.5 Å². The Bertz CT molecular complexity index is 1040. The van der Waals surface area contributed by atoms with Crippen molar-refractivity contribution in [2.45, 2.75) is 6.54 Å². The van der Waals surface area contributed by atoms with Crippen molar-refractivity contribution >= 4 is 34.8 Å². The number of anilines is 3. The molecule has 0 spiro atoms. The lowest BCUT2D eigenvalue weighted by molar-refractivity contribution is 0.262. The molecule has 0 radical (unpaired) electrons. The van der Waals surface area contributed by atoms with E-state index >= 15 is 0 Å². The number of nitrogens with zero attached hydrogens (tertiary/aromatic N) is 4. The lowest BCUT2D eigenvalue weighted by Crippen LogP contribution is -2.28. The van der Waals surface area contributed by atoms with E-state index in [4.69, 9.17) is 16.9 Å². The van der Waals surface area contributed by atoms with Gasteiger partial charge in [0.05, 0.1) is 30.4 Å². The molecule has 1 aromatic heterocycles. The summed E-state index contributed by atoms with van der Waals surface area (Å²) in [5.41, 5.74) is 2.40. The van der Waals surface area contributed by atoms with Crippen LogP contribution in [0.25, 0.3) is 0 Å². The number of nitrogens with one attached hydrogen (secondary N) is 2. The van der Waals surface area contributed by atoms with Crippen LogP contribution in [0.4, 0.5) is 22.0 Å². The van der Waals surface area contributed by atoms with Crippen LogP contribution in [0, 0.1) is 11.3 Å². The van der Waals surface area contributed by atoms with Gasteiger partial charge in [-0.05, 0) is 23.8 Å². The zero-order valence-corrected chi connectivity index (χ0v) is 16.7. The van der Waals surface area contributed by atoms with Crippen LogP contribution >= 0.6 is 11.6 Å². The normalized spacial score (nSPS) is 10.2. The molecule has 0 bridgehead atoms. The van der Waals surface area contributed by atoms with E-state index in [2.05, 4.69) is 20.6 Å². The van der Waals surface area contributed by atoms with Crippen LogP contribution in [0.5, 0.6) is 0 Å². The van der Waals surface area contributed by atoms with Crippen LogP contribution in [0.15, 0.2) is 60.9 Å². The number of carbonyl (C=O) groups excluding carboxylic acids is 1. The minimum absolute atomic E-state index is 0.0536. The van der Waals surface area contributed by atoms with Crippen molar-refractivity contribution < 1.29 is 9.90 Å². The zero-order valence-electron chi connectivity index (χ0n) is 15.9. The first-order valence-corrected chi connectivity index (χ1v) is 9.46. The van der Waals surface area contributed by atoms with Gasteiger partial charge < -0.3 is 15.3 Å². The van der Waals surface area contributed by atoms with E-state index in [9.17, 15) is 9.90 Å². The quantitative estimate of drug-likeness (QED) is 0.535. The Kier molecular flexibility index (Phi) is 7.16. The average molecular weight is 423 g/mol. The monoisotopic (exact) mass is 422 g/mol. The van der Waals surface area contributed by atoms with Gasteiger partial charge in [0.25, 0.3) is 0 Å². The van der Waals surface area contributed by atoms with Crippen LogP contribution in [-0.2, 0) is 6.54 Å². The molecule has 0 fully saturated rings. The molecular weight excluding hydrogens is 404 g/mol. The fourth-order valence-electron chi connectivity index (χ4n) is 2.81. The Balaban J connectivity index is 1.80. The Hall–Kier alpha value is -3.67. The SMILES string of the molecule is N#Cc1cnc(NC(=O)Nc2cc(Cl)ccc2N(CCO)Cc2ccccc2)cn1. The summed E-state index contributed by atoms with van der Waals surface area (Å²) in [6.07, 6.45) is 2.56. The molecule has 0 unspecified atom stereocenters. The Morgan fingerprint density at radius 2 is 1.93 bits per heavy atom. The third kappa shape index (κ3) is 5.67. The molecule has 8 nitrogen and oxygen atoms in total. The first-order chi connectivity index (χ1) is 14.6. The minimum atomic E-state index is -0.541. The molecule has 2 aromatic carbocycles. The molecule has 3 rings (SSSR count). The van der Waals surface area contributed by atoms with Crippen molar-refractivity contribution in [1.29, 1.82) is 5.26 Å². The highest BCUT2D eigenvalue weighted by Crippen LogP contribution is 2.30. The first kappa shape index (κ1) is 21.0.